The van der Waals surface area contributed by atoms with Gasteiger partial charge in [-0.2, -0.15) is 0 Å². The van der Waals surface area contributed by atoms with Gasteiger partial charge in [0.25, 0.3) is 5.91 Å². The zero-order valence-corrected chi connectivity index (χ0v) is 15.6. The van der Waals surface area contributed by atoms with Crippen LogP contribution in [0, 0.1) is 0 Å². The normalized spacial score (nSPS) is 12.1. The van der Waals surface area contributed by atoms with Crippen molar-refractivity contribution in [1.82, 2.24) is 5.32 Å². The first-order valence-corrected chi connectivity index (χ1v) is 8.66. The van der Waals surface area contributed by atoms with Crippen LogP contribution in [0.15, 0.2) is 59.8 Å². The number of nitrogens with zero attached hydrogens (tertiary/aromatic N) is 1. The lowest BCUT2D eigenvalue weighted by atomic mass is 10.1. The van der Waals surface area contributed by atoms with E-state index in [-0.39, 0.29) is 30.8 Å². The summed E-state index contributed by atoms with van der Waals surface area (Å²) in [7, 11) is 0. The molecule has 0 aliphatic carbocycles. The standard InChI is InChI=1S/C19H21ClN4O3/c1-13(14-7-3-2-4-8-14)22-19(26)12-27-24-17(21)11-18(25)23-16-10-6-5-9-15(16)20/h2-10,13H,11-12H2,1H3,(H2,21,24)(H,22,26)(H,23,25). The van der Waals surface area contributed by atoms with Gasteiger partial charge in [-0.05, 0) is 24.6 Å². The molecule has 1 atom stereocenters. The van der Waals surface area contributed by atoms with E-state index in [1.165, 1.54) is 0 Å². The molecule has 0 aromatic heterocycles. The Balaban J connectivity index is 1.74. The fraction of sp³-hybridized carbons (Fsp3) is 0.211. The molecule has 0 aliphatic rings. The van der Waals surface area contributed by atoms with E-state index in [4.69, 9.17) is 22.2 Å². The molecular weight excluding hydrogens is 368 g/mol. The summed E-state index contributed by atoms with van der Waals surface area (Å²) in [6, 6.07) is 16.2. The highest BCUT2D eigenvalue weighted by Crippen LogP contribution is 2.20. The summed E-state index contributed by atoms with van der Waals surface area (Å²) in [5.74, 6) is -0.790. The van der Waals surface area contributed by atoms with Crippen molar-refractivity contribution in [2.24, 2.45) is 10.9 Å². The minimum Gasteiger partial charge on any atom is -0.384 e. The lowest BCUT2D eigenvalue weighted by molar-refractivity contribution is -0.126. The van der Waals surface area contributed by atoms with Crippen molar-refractivity contribution in [2.45, 2.75) is 19.4 Å². The molecule has 0 aliphatic heterocycles. The highest BCUT2D eigenvalue weighted by molar-refractivity contribution is 6.33. The van der Waals surface area contributed by atoms with E-state index >= 15 is 0 Å². The largest absolute Gasteiger partial charge is 0.384 e. The molecule has 1 unspecified atom stereocenters. The van der Waals surface area contributed by atoms with Crippen molar-refractivity contribution >= 4 is 34.9 Å². The molecule has 7 nitrogen and oxygen atoms in total. The van der Waals surface area contributed by atoms with E-state index in [9.17, 15) is 9.59 Å². The Bertz CT molecular complexity index is 812. The van der Waals surface area contributed by atoms with Gasteiger partial charge >= 0.3 is 0 Å². The topological polar surface area (TPSA) is 106 Å². The molecule has 4 N–H and O–H groups in total. The molecule has 8 heteroatoms. The third-order valence-electron chi connectivity index (χ3n) is 3.54. The number of anilines is 1. The third-order valence-corrected chi connectivity index (χ3v) is 3.87. The van der Waals surface area contributed by atoms with Gasteiger partial charge in [0.15, 0.2) is 6.61 Å². The van der Waals surface area contributed by atoms with Crippen LogP contribution in [0.1, 0.15) is 24.9 Å². The minimum atomic E-state index is -0.393. The van der Waals surface area contributed by atoms with Gasteiger partial charge in [-0.3, -0.25) is 9.59 Å². The first-order valence-electron chi connectivity index (χ1n) is 8.28. The van der Waals surface area contributed by atoms with Crippen LogP contribution < -0.4 is 16.4 Å². The van der Waals surface area contributed by atoms with Gasteiger partial charge in [0.1, 0.15) is 5.84 Å². The van der Waals surface area contributed by atoms with Crippen molar-refractivity contribution in [1.29, 1.82) is 0 Å². The van der Waals surface area contributed by atoms with Gasteiger partial charge in [-0.15, -0.1) is 0 Å². The Morgan fingerprint density at radius 2 is 1.78 bits per heavy atom. The molecule has 0 saturated carbocycles. The number of amides is 2. The van der Waals surface area contributed by atoms with E-state index in [0.717, 1.165) is 5.56 Å². The zero-order chi connectivity index (χ0) is 19.6. The first-order chi connectivity index (χ1) is 13.0. The van der Waals surface area contributed by atoms with Gasteiger partial charge in [0.2, 0.25) is 5.91 Å². The van der Waals surface area contributed by atoms with E-state index < -0.39 is 5.91 Å². The Morgan fingerprint density at radius 1 is 1.11 bits per heavy atom. The monoisotopic (exact) mass is 388 g/mol. The van der Waals surface area contributed by atoms with Crippen LogP contribution in [0.4, 0.5) is 5.69 Å². The third kappa shape index (κ3) is 6.99. The van der Waals surface area contributed by atoms with Gasteiger partial charge < -0.3 is 21.2 Å². The van der Waals surface area contributed by atoms with E-state index in [0.29, 0.717) is 10.7 Å². The van der Waals surface area contributed by atoms with E-state index in [2.05, 4.69) is 15.8 Å². The average molecular weight is 389 g/mol. The molecule has 2 aromatic carbocycles. The predicted molar refractivity (Wildman–Crippen MR) is 105 cm³/mol. The van der Waals surface area contributed by atoms with Crippen molar-refractivity contribution in [3.63, 3.8) is 0 Å². The van der Waals surface area contributed by atoms with Crippen LogP contribution in [0.25, 0.3) is 0 Å². The number of carbonyl (C=O) groups excluding carboxylic acids is 2. The number of nitrogens with one attached hydrogen (secondary N) is 2. The summed E-state index contributed by atoms with van der Waals surface area (Å²) in [4.78, 5) is 28.7. The van der Waals surface area contributed by atoms with E-state index in [1.807, 2.05) is 37.3 Å². The number of benzene rings is 2. The fourth-order valence-electron chi connectivity index (χ4n) is 2.24. The van der Waals surface area contributed by atoms with Crippen molar-refractivity contribution in [2.75, 3.05) is 11.9 Å². The number of hydrogen-bond donors (Lipinski definition) is 3. The van der Waals surface area contributed by atoms with Crippen LogP contribution in [0.2, 0.25) is 5.02 Å². The number of oxime groups is 1. The highest BCUT2D eigenvalue weighted by Gasteiger charge is 2.11. The highest BCUT2D eigenvalue weighted by atomic mass is 35.5. The first kappa shape index (κ1) is 20.3. The van der Waals surface area contributed by atoms with Gasteiger partial charge in [-0.1, -0.05) is 59.2 Å². The van der Waals surface area contributed by atoms with Crippen LogP contribution in [-0.4, -0.2) is 24.3 Å². The Labute approximate surface area is 162 Å². The van der Waals surface area contributed by atoms with Crippen molar-refractivity contribution in [3.05, 3.63) is 65.2 Å². The zero-order valence-electron chi connectivity index (χ0n) is 14.8. The van der Waals surface area contributed by atoms with Crippen molar-refractivity contribution < 1.29 is 14.4 Å². The van der Waals surface area contributed by atoms with E-state index in [1.54, 1.807) is 24.3 Å². The molecule has 2 aromatic rings. The van der Waals surface area contributed by atoms with Crippen LogP contribution in [0.5, 0.6) is 0 Å². The maximum atomic E-state index is 11.9. The summed E-state index contributed by atoms with van der Waals surface area (Å²) in [6.07, 6.45) is -0.187. The van der Waals surface area contributed by atoms with Gasteiger partial charge in [0.05, 0.1) is 23.2 Å². The number of amidine groups is 1. The van der Waals surface area contributed by atoms with Crippen LogP contribution in [0.3, 0.4) is 0 Å². The van der Waals surface area contributed by atoms with Gasteiger partial charge in [0, 0.05) is 0 Å². The van der Waals surface area contributed by atoms with Crippen molar-refractivity contribution in [3.8, 4) is 0 Å². The average Bonchev–Trinajstić information content (AvgIpc) is 2.64. The molecule has 0 radical (unpaired) electrons. The molecule has 2 amide bonds. The van der Waals surface area contributed by atoms with Crippen LogP contribution in [-0.2, 0) is 14.4 Å². The summed E-state index contributed by atoms with van der Waals surface area (Å²) >= 11 is 5.96. The molecule has 0 bridgehead atoms. The molecule has 27 heavy (non-hydrogen) atoms. The lowest BCUT2D eigenvalue weighted by Crippen LogP contribution is -2.30. The number of hydrogen-bond acceptors (Lipinski definition) is 4. The molecule has 142 valence electrons. The van der Waals surface area contributed by atoms with Crippen LogP contribution >= 0.6 is 11.6 Å². The molecular formula is C19H21ClN4O3. The summed E-state index contributed by atoms with van der Waals surface area (Å²) in [5, 5.41) is 9.41. The number of halogens is 1. The summed E-state index contributed by atoms with van der Waals surface area (Å²) < 4.78 is 0. The number of para-hydroxylation sites is 1. The Kier molecular flexibility index (Phi) is 7.63. The maximum absolute atomic E-state index is 11.9. The summed E-state index contributed by atoms with van der Waals surface area (Å²) in [6.45, 7) is 1.56. The molecule has 0 fully saturated rings. The second-order valence-electron chi connectivity index (χ2n) is 5.76. The van der Waals surface area contributed by atoms with Gasteiger partial charge in [-0.25, -0.2) is 0 Å². The quantitative estimate of drug-likeness (QED) is 0.367. The Hall–Kier alpha value is -3.06. The smallest absolute Gasteiger partial charge is 0.261 e. The summed E-state index contributed by atoms with van der Waals surface area (Å²) in [5.41, 5.74) is 7.10. The molecule has 0 spiro atoms. The minimum absolute atomic E-state index is 0.0524. The Morgan fingerprint density at radius 3 is 2.48 bits per heavy atom. The fourth-order valence-corrected chi connectivity index (χ4v) is 2.42. The maximum Gasteiger partial charge on any atom is 0.261 e. The number of rotatable bonds is 8. The second kappa shape index (κ2) is 10.2. The predicted octanol–water partition coefficient (Wildman–Crippen LogP) is 2.83. The SMILES string of the molecule is CC(NC(=O)CO/N=C(/N)CC(=O)Nc1ccccc1Cl)c1ccccc1. The molecule has 0 saturated heterocycles. The number of nitrogens with two attached hydrogens (primary N) is 1. The second-order valence-corrected chi connectivity index (χ2v) is 6.17. The molecule has 0 heterocycles. The molecule has 2 rings (SSSR count). The lowest BCUT2D eigenvalue weighted by Gasteiger charge is -2.13. The number of carbonyl (C=O) groups is 2.